The number of piperidine rings is 1. The molecule has 3 heterocycles. The average Bonchev–Trinajstić information content (AvgIpc) is 2.93. The number of rotatable bonds is 2. The maximum absolute atomic E-state index is 12.7. The van der Waals surface area contributed by atoms with Gasteiger partial charge < -0.3 is 4.90 Å². The van der Waals surface area contributed by atoms with Crippen molar-refractivity contribution in [1.82, 2.24) is 24.1 Å². The molecule has 1 aliphatic heterocycles. The zero-order chi connectivity index (χ0) is 17.6. The summed E-state index contributed by atoms with van der Waals surface area (Å²) in [5.74, 6) is 0.524. The van der Waals surface area contributed by atoms with Gasteiger partial charge in [0.15, 0.2) is 5.65 Å². The Hall–Kier alpha value is -2.70. The number of carbonyl (C=O) groups excluding carboxylic acids is 1. The number of aryl methyl sites for hydroxylation is 1. The number of carbonyl (C=O) groups is 1. The number of hydrogen-bond acceptors (Lipinski definition) is 4. The summed E-state index contributed by atoms with van der Waals surface area (Å²) in [5, 5.41) is 5.25. The van der Waals surface area contributed by atoms with Gasteiger partial charge in [-0.2, -0.15) is 0 Å². The Morgan fingerprint density at radius 2 is 2.08 bits per heavy atom. The van der Waals surface area contributed by atoms with Crippen LogP contribution in [0.3, 0.4) is 0 Å². The summed E-state index contributed by atoms with van der Waals surface area (Å²) in [6, 6.07) is 7.80. The van der Waals surface area contributed by atoms with Crippen molar-refractivity contribution in [3.05, 3.63) is 40.6 Å². The van der Waals surface area contributed by atoms with Gasteiger partial charge in [-0.1, -0.05) is 12.1 Å². The van der Waals surface area contributed by atoms with Gasteiger partial charge >= 0.3 is 5.69 Å². The minimum Gasteiger partial charge on any atom is -0.338 e. The number of likely N-dealkylation sites (tertiary alicyclic amines) is 1. The Bertz CT molecular complexity index is 1020. The molecule has 0 N–H and O–H groups in total. The monoisotopic (exact) mass is 339 g/mol. The molecule has 0 saturated carbocycles. The van der Waals surface area contributed by atoms with Crippen LogP contribution in [0.4, 0.5) is 0 Å². The first-order chi connectivity index (χ1) is 12.1. The number of aromatic nitrogens is 4. The molecule has 3 aromatic rings. The van der Waals surface area contributed by atoms with Gasteiger partial charge in [0.2, 0.25) is 5.91 Å². The maximum atomic E-state index is 12.7. The van der Waals surface area contributed by atoms with E-state index >= 15 is 0 Å². The van der Waals surface area contributed by atoms with Gasteiger partial charge in [-0.25, -0.2) is 18.9 Å². The molecule has 0 spiro atoms. The van der Waals surface area contributed by atoms with Crippen LogP contribution >= 0.6 is 0 Å². The highest BCUT2D eigenvalue weighted by molar-refractivity contribution is 5.91. The van der Waals surface area contributed by atoms with Crippen molar-refractivity contribution >= 4 is 22.5 Å². The molecule has 1 atom stereocenters. The van der Waals surface area contributed by atoms with Crippen molar-refractivity contribution in [3.63, 3.8) is 0 Å². The molecular formula is C18H21N5O2. The van der Waals surface area contributed by atoms with E-state index in [2.05, 4.69) is 17.0 Å². The lowest BCUT2D eigenvalue weighted by molar-refractivity contribution is -0.135. The van der Waals surface area contributed by atoms with Crippen molar-refractivity contribution in [3.8, 4) is 0 Å². The smallest absolute Gasteiger partial charge is 0.338 e. The van der Waals surface area contributed by atoms with Crippen LogP contribution < -0.4 is 5.69 Å². The van der Waals surface area contributed by atoms with E-state index in [4.69, 9.17) is 0 Å². The molecule has 0 unspecified atom stereocenters. The fourth-order valence-corrected chi connectivity index (χ4v) is 3.65. The molecular weight excluding hydrogens is 318 g/mol. The van der Waals surface area contributed by atoms with Gasteiger partial charge in [-0.3, -0.25) is 4.79 Å². The van der Waals surface area contributed by atoms with E-state index in [1.165, 1.54) is 9.08 Å². The highest BCUT2D eigenvalue weighted by Crippen LogP contribution is 2.18. The molecule has 1 aromatic carbocycles. The molecule has 0 radical (unpaired) electrons. The third-order valence-electron chi connectivity index (χ3n) is 5.00. The zero-order valence-electron chi connectivity index (χ0n) is 14.5. The Balaban J connectivity index is 1.77. The molecule has 1 fully saturated rings. The Morgan fingerprint density at radius 3 is 2.88 bits per heavy atom. The lowest BCUT2D eigenvalue weighted by Crippen LogP contribution is -2.44. The molecule has 1 saturated heterocycles. The third kappa shape index (κ3) is 2.59. The summed E-state index contributed by atoms with van der Waals surface area (Å²) in [7, 11) is 0. The van der Waals surface area contributed by atoms with Crippen LogP contribution in [0.2, 0.25) is 0 Å². The van der Waals surface area contributed by atoms with Crippen LogP contribution in [-0.4, -0.2) is 42.6 Å². The lowest BCUT2D eigenvalue weighted by atomic mass is 10.0. The van der Waals surface area contributed by atoms with Gasteiger partial charge in [0.1, 0.15) is 12.4 Å². The Labute approximate surface area is 144 Å². The SMILES string of the molecule is Cc1nc2ccccc2c2nn(CC(=O)N3CCCC[C@@H]3C)c(=O)n12. The number of nitrogens with zero attached hydrogens (tertiary/aromatic N) is 5. The average molecular weight is 339 g/mol. The molecule has 4 rings (SSSR count). The van der Waals surface area contributed by atoms with Crippen LogP contribution in [0.1, 0.15) is 32.0 Å². The van der Waals surface area contributed by atoms with Crippen molar-refractivity contribution in [2.75, 3.05) is 6.54 Å². The number of benzene rings is 1. The summed E-state index contributed by atoms with van der Waals surface area (Å²) in [5.41, 5.74) is 1.02. The van der Waals surface area contributed by atoms with E-state index in [9.17, 15) is 9.59 Å². The minimum absolute atomic E-state index is 0.0291. The number of fused-ring (bicyclic) bond motifs is 3. The predicted molar refractivity (Wildman–Crippen MR) is 94.5 cm³/mol. The summed E-state index contributed by atoms with van der Waals surface area (Å²) in [6.07, 6.45) is 3.18. The van der Waals surface area contributed by atoms with Crippen molar-refractivity contribution in [1.29, 1.82) is 0 Å². The molecule has 2 aromatic heterocycles. The molecule has 7 heteroatoms. The zero-order valence-corrected chi connectivity index (χ0v) is 14.5. The van der Waals surface area contributed by atoms with E-state index in [0.717, 1.165) is 36.7 Å². The molecule has 25 heavy (non-hydrogen) atoms. The van der Waals surface area contributed by atoms with Crippen LogP contribution in [0, 0.1) is 6.92 Å². The van der Waals surface area contributed by atoms with Crippen LogP contribution in [-0.2, 0) is 11.3 Å². The van der Waals surface area contributed by atoms with Crippen LogP contribution in [0.5, 0.6) is 0 Å². The third-order valence-corrected chi connectivity index (χ3v) is 5.00. The predicted octanol–water partition coefficient (Wildman–Crippen LogP) is 1.75. The summed E-state index contributed by atoms with van der Waals surface area (Å²) >= 11 is 0. The fourth-order valence-electron chi connectivity index (χ4n) is 3.65. The van der Waals surface area contributed by atoms with E-state index in [-0.39, 0.29) is 24.2 Å². The first-order valence-electron chi connectivity index (χ1n) is 8.70. The van der Waals surface area contributed by atoms with E-state index in [1.807, 2.05) is 29.2 Å². The standard InChI is InChI=1S/C18H21N5O2/c1-12-7-5-6-10-21(12)16(24)11-22-18(25)23-13(2)19-15-9-4-3-8-14(15)17(23)20-22/h3-4,8-9,12H,5-7,10-11H2,1-2H3/t12-/m0/s1. The maximum Gasteiger partial charge on any atom is 0.352 e. The van der Waals surface area contributed by atoms with Crippen LogP contribution in [0.25, 0.3) is 16.6 Å². The Morgan fingerprint density at radius 1 is 1.28 bits per heavy atom. The fraction of sp³-hybridized carbons (Fsp3) is 0.444. The van der Waals surface area contributed by atoms with Crippen molar-refractivity contribution in [2.24, 2.45) is 0 Å². The minimum atomic E-state index is -0.316. The van der Waals surface area contributed by atoms with Gasteiger partial charge in [0, 0.05) is 18.0 Å². The highest BCUT2D eigenvalue weighted by Gasteiger charge is 2.24. The molecule has 130 valence electrons. The van der Waals surface area contributed by atoms with Crippen molar-refractivity contribution < 1.29 is 4.79 Å². The van der Waals surface area contributed by atoms with E-state index in [0.29, 0.717) is 11.5 Å². The summed E-state index contributed by atoms with van der Waals surface area (Å²) < 4.78 is 2.75. The molecule has 7 nitrogen and oxygen atoms in total. The van der Waals surface area contributed by atoms with Gasteiger partial charge in [0.05, 0.1) is 5.52 Å². The van der Waals surface area contributed by atoms with E-state index in [1.54, 1.807) is 6.92 Å². The quantitative estimate of drug-likeness (QED) is 0.713. The van der Waals surface area contributed by atoms with Crippen molar-refractivity contribution in [2.45, 2.75) is 45.7 Å². The normalized spacial score (nSPS) is 18.2. The summed E-state index contributed by atoms with van der Waals surface area (Å²) in [4.78, 5) is 31.7. The number of para-hydroxylation sites is 1. The first kappa shape index (κ1) is 15.8. The first-order valence-corrected chi connectivity index (χ1v) is 8.70. The topological polar surface area (TPSA) is 72.5 Å². The molecule has 0 bridgehead atoms. The lowest BCUT2D eigenvalue weighted by Gasteiger charge is -2.33. The largest absolute Gasteiger partial charge is 0.352 e. The molecule has 0 aliphatic carbocycles. The van der Waals surface area contributed by atoms with Gasteiger partial charge in [0.25, 0.3) is 0 Å². The van der Waals surface area contributed by atoms with Crippen LogP contribution in [0.15, 0.2) is 29.1 Å². The highest BCUT2D eigenvalue weighted by atomic mass is 16.2. The number of amides is 1. The van der Waals surface area contributed by atoms with Gasteiger partial charge in [-0.15, -0.1) is 5.10 Å². The van der Waals surface area contributed by atoms with E-state index < -0.39 is 0 Å². The number of hydrogen-bond donors (Lipinski definition) is 0. The van der Waals surface area contributed by atoms with Gasteiger partial charge in [-0.05, 0) is 45.2 Å². The second kappa shape index (κ2) is 5.98. The second-order valence-corrected chi connectivity index (χ2v) is 6.71. The Kier molecular flexibility index (Phi) is 3.78. The molecule has 1 aliphatic rings. The molecule has 1 amide bonds. The second-order valence-electron chi connectivity index (χ2n) is 6.71. The summed E-state index contributed by atoms with van der Waals surface area (Å²) in [6.45, 7) is 4.57.